The number of carbonyl (C=O) groups is 1. The molecular weight excluding hydrogens is 368 g/mol. The van der Waals surface area contributed by atoms with E-state index < -0.39 is 0 Å². The molecule has 3 rings (SSSR count). The molecule has 0 fully saturated rings. The minimum atomic E-state index is -0.380. The molecule has 0 aliphatic carbocycles. The van der Waals surface area contributed by atoms with Crippen molar-refractivity contribution in [2.75, 3.05) is 24.9 Å². The molecule has 0 aliphatic heterocycles. The topological polar surface area (TPSA) is 85.4 Å². The number of nitrogens with zero attached hydrogens (tertiary/aromatic N) is 2. The molecular formula is C22H24N4O3. The molecule has 0 aliphatic rings. The Morgan fingerprint density at radius 3 is 2.38 bits per heavy atom. The quantitative estimate of drug-likeness (QED) is 0.611. The summed E-state index contributed by atoms with van der Waals surface area (Å²) < 4.78 is 10.5. The van der Waals surface area contributed by atoms with Crippen LogP contribution in [0.1, 0.15) is 35.8 Å². The number of hydrogen-bond donors (Lipinski definition) is 2. The predicted octanol–water partition coefficient (Wildman–Crippen LogP) is 4.61. The summed E-state index contributed by atoms with van der Waals surface area (Å²) in [5.41, 5.74) is 2.87. The smallest absolute Gasteiger partial charge is 0.276 e. The average Bonchev–Trinajstić information content (AvgIpc) is 2.74. The Labute approximate surface area is 170 Å². The van der Waals surface area contributed by atoms with Crippen LogP contribution in [-0.4, -0.2) is 30.3 Å². The van der Waals surface area contributed by atoms with E-state index in [0.717, 1.165) is 5.69 Å². The maximum Gasteiger partial charge on any atom is 0.276 e. The fraction of sp³-hybridized carbons (Fsp3) is 0.227. The Morgan fingerprint density at radius 2 is 1.72 bits per heavy atom. The van der Waals surface area contributed by atoms with E-state index in [9.17, 15) is 4.79 Å². The van der Waals surface area contributed by atoms with E-state index in [-0.39, 0.29) is 11.6 Å². The van der Waals surface area contributed by atoms with Crippen LogP contribution in [0.3, 0.4) is 0 Å². The first-order valence-electron chi connectivity index (χ1n) is 9.25. The van der Waals surface area contributed by atoms with Gasteiger partial charge in [-0.2, -0.15) is 0 Å². The van der Waals surface area contributed by atoms with Gasteiger partial charge in [0.05, 0.1) is 19.9 Å². The van der Waals surface area contributed by atoms with Crippen LogP contribution in [0.15, 0.2) is 54.6 Å². The van der Waals surface area contributed by atoms with Gasteiger partial charge in [0.2, 0.25) is 0 Å². The lowest BCUT2D eigenvalue weighted by Gasteiger charge is -2.14. The SMILES string of the molecule is COc1ccc(NC(=O)c2ccc(Nc3ccccc3C(C)C)nn2)c(OC)c1. The summed E-state index contributed by atoms with van der Waals surface area (Å²) in [6, 6.07) is 16.5. The van der Waals surface area contributed by atoms with Gasteiger partial charge in [-0.05, 0) is 41.8 Å². The molecule has 0 atom stereocenters. The lowest BCUT2D eigenvalue weighted by atomic mass is 10.0. The molecule has 1 amide bonds. The fourth-order valence-corrected chi connectivity index (χ4v) is 2.86. The maximum absolute atomic E-state index is 12.5. The van der Waals surface area contributed by atoms with Gasteiger partial charge in [0.15, 0.2) is 11.5 Å². The van der Waals surface area contributed by atoms with Crippen molar-refractivity contribution < 1.29 is 14.3 Å². The molecule has 7 nitrogen and oxygen atoms in total. The van der Waals surface area contributed by atoms with Gasteiger partial charge >= 0.3 is 0 Å². The number of anilines is 3. The Balaban J connectivity index is 1.73. The van der Waals surface area contributed by atoms with Crippen LogP contribution < -0.4 is 20.1 Å². The molecule has 0 saturated carbocycles. The molecule has 1 aromatic heterocycles. The van der Waals surface area contributed by atoms with Crippen molar-refractivity contribution in [3.05, 3.63) is 65.9 Å². The number of methoxy groups -OCH3 is 2. The Kier molecular flexibility index (Phi) is 6.29. The van der Waals surface area contributed by atoms with Crippen LogP contribution in [0.5, 0.6) is 11.5 Å². The van der Waals surface area contributed by atoms with Crippen LogP contribution in [0, 0.1) is 0 Å². The number of amides is 1. The predicted molar refractivity (Wildman–Crippen MR) is 113 cm³/mol. The highest BCUT2D eigenvalue weighted by atomic mass is 16.5. The van der Waals surface area contributed by atoms with Crippen molar-refractivity contribution in [1.29, 1.82) is 0 Å². The summed E-state index contributed by atoms with van der Waals surface area (Å²) in [5, 5.41) is 14.2. The number of ether oxygens (including phenoxy) is 2. The maximum atomic E-state index is 12.5. The standard InChI is InChI=1S/C22H24N4O3/c1-14(2)16-7-5-6-8-17(16)23-21-12-11-19(25-26-21)22(27)24-18-10-9-15(28-3)13-20(18)29-4/h5-14H,1-4H3,(H,23,26)(H,24,27). The molecule has 0 bridgehead atoms. The van der Waals surface area contributed by atoms with Gasteiger partial charge in [-0.25, -0.2) is 0 Å². The number of benzene rings is 2. The Morgan fingerprint density at radius 1 is 0.931 bits per heavy atom. The van der Waals surface area contributed by atoms with E-state index in [2.05, 4.69) is 40.7 Å². The number of hydrogen-bond acceptors (Lipinski definition) is 6. The largest absolute Gasteiger partial charge is 0.497 e. The van der Waals surface area contributed by atoms with Crippen molar-refractivity contribution in [3.8, 4) is 11.5 Å². The molecule has 7 heteroatoms. The molecule has 2 aromatic carbocycles. The van der Waals surface area contributed by atoms with Crippen molar-refractivity contribution >= 4 is 23.1 Å². The lowest BCUT2D eigenvalue weighted by molar-refractivity contribution is 0.102. The van der Waals surface area contributed by atoms with E-state index in [1.807, 2.05) is 18.2 Å². The van der Waals surface area contributed by atoms with Crippen molar-refractivity contribution in [3.63, 3.8) is 0 Å². The molecule has 0 unspecified atom stereocenters. The summed E-state index contributed by atoms with van der Waals surface area (Å²) in [5.74, 6) is 1.69. The normalized spacial score (nSPS) is 10.5. The van der Waals surface area contributed by atoms with Gasteiger partial charge in [0.25, 0.3) is 5.91 Å². The third-order valence-electron chi connectivity index (χ3n) is 4.40. The summed E-state index contributed by atoms with van der Waals surface area (Å²) in [6.07, 6.45) is 0. The highest BCUT2D eigenvalue weighted by Crippen LogP contribution is 2.29. The zero-order valence-corrected chi connectivity index (χ0v) is 16.9. The van der Waals surface area contributed by atoms with E-state index in [1.54, 1.807) is 37.4 Å². The number of rotatable bonds is 7. The van der Waals surface area contributed by atoms with E-state index in [1.165, 1.54) is 12.7 Å². The molecule has 2 N–H and O–H groups in total. The summed E-state index contributed by atoms with van der Waals surface area (Å²) in [7, 11) is 3.09. The molecule has 0 radical (unpaired) electrons. The second-order valence-corrected chi connectivity index (χ2v) is 6.69. The molecule has 0 spiro atoms. The van der Waals surface area contributed by atoms with Gasteiger partial charge in [-0.3, -0.25) is 4.79 Å². The van der Waals surface area contributed by atoms with Gasteiger partial charge in [0.1, 0.15) is 11.5 Å². The zero-order valence-electron chi connectivity index (χ0n) is 16.9. The number of nitrogens with one attached hydrogen (secondary N) is 2. The minimum absolute atomic E-state index is 0.200. The number of para-hydroxylation sites is 1. The van der Waals surface area contributed by atoms with Crippen molar-refractivity contribution in [2.24, 2.45) is 0 Å². The zero-order chi connectivity index (χ0) is 20.8. The molecule has 150 valence electrons. The van der Waals surface area contributed by atoms with Crippen LogP contribution >= 0.6 is 0 Å². The first-order chi connectivity index (χ1) is 14.0. The third kappa shape index (κ3) is 4.82. The second kappa shape index (κ2) is 9.05. The summed E-state index contributed by atoms with van der Waals surface area (Å²) in [6.45, 7) is 4.26. The first-order valence-corrected chi connectivity index (χ1v) is 9.25. The van der Waals surface area contributed by atoms with Gasteiger partial charge in [-0.15, -0.1) is 10.2 Å². The second-order valence-electron chi connectivity index (χ2n) is 6.69. The number of aromatic nitrogens is 2. The Hall–Kier alpha value is -3.61. The van der Waals surface area contributed by atoms with E-state index in [4.69, 9.17) is 9.47 Å². The molecule has 3 aromatic rings. The first kappa shape index (κ1) is 20.1. The van der Waals surface area contributed by atoms with Crippen LogP contribution in [0.4, 0.5) is 17.2 Å². The van der Waals surface area contributed by atoms with E-state index in [0.29, 0.717) is 28.9 Å². The molecule has 0 saturated heterocycles. The molecule has 1 heterocycles. The van der Waals surface area contributed by atoms with Crippen LogP contribution in [-0.2, 0) is 0 Å². The van der Waals surface area contributed by atoms with Crippen molar-refractivity contribution in [2.45, 2.75) is 19.8 Å². The van der Waals surface area contributed by atoms with E-state index >= 15 is 0 Å². The van der Waals surface area contributed by atoms with Gasteiger partial charge in [0, 0.05) is 11.8 Å². The lowest BCUT2D eigenvalue weighted by Crippen LogP contribution is -2.15. The monoisotopic (exact) mass is 392 g/mol. The minimum Gasteiger partial charge on any atom is -0.497 e. The summed E-state index contributed by atoms with van der Waals surface area (Å²) >= 11 is 0. The highest BCUT2D eigenvalue weighted by Gasteiger charge is 2.13. The average molecular weight is 392 g/mol. The van der Waals surface area contributed by atoms with Gasteiger partial charge in [-0.1, -0.05) is 32.0 Å². The third-order valence-corrected chi connectivity index (χ3v) is 4.40. The van der Waals surface area contributed by atoms with Crippen LogP contribution in [0.25, 0.3) is 0 Å². The van der Waals surface area contributed by atoms with Crippen LogP contribution in [0.2, 0.25) is 0 Å². The summed E-state index contributed by atoms with van der Waals surface area (Å²) in [4.78, 5) is 12.5. The van der Waals surface area contributed by atoms with Crippen molar-refractivity contribution in [1.82, 2.24) is 10.2 Å². The van der Waals surface area contributed by atoms with Gasteiger partial charge < -0.3 is 20.1 Å². The number of carbonyl (C=O) groups excluding carboxylic acids is 1. The Bertz CT molecular complexity index is 988. The molecule has 29 heavy (non-hydrogen) atoms. The fourth-order valence-electron chi connectivity index (χ4n) is 2.86. The highest BCUT2D eigenvalue weighted by molar-refractivity contribution is 6.03.